The summed E-state index contributed by atoms with van der Waals surface area (Å²) >= 11 is 0. The Hall–Kier alpha value is -6.21. The molecule has 4 fully saturated rings. The van der Waals surface area contributed by atoms with E-state index in [1.165, 1.54) is 0 Å². The van der Waals surface area contributed by atoms with Gasteiger partial charge in [0.2, 0.25) is 5.91 Å². The summed E-state index contributed by atoms with van der Waals surface area (Å²) in [6.45, 7) is 6.87. The van der Waals surface area contributed by atoms with Crippen LogP contribution in [-0.4, -0.2) is 222 Å². The number of benzene rings is 2. The van der Waals surface area contributed by atoms with E-state index >= 15 is 0 Å². The molecule has 23 heteroatoms. The van der Waals surface area contributed by atoms with E-state index < -0.39 is 35.6 Å². The van der Waals surface area contributed by atoms with Crippen molar-refractivity contribution in [3.63, 3.8) is 0 Å². The molecule has 23 nitrogen and oxygen atoms in total. The zero-order valence-corrected chi connectivity index (χ0v) is 46.0. The summed E-state index contributed by atoms with van der Waals surface area (Å²) in [5.74, 6) is -2.74. The van der Waals surface area contributed by atoms with Crippen molar-refractivity contribution >= 4 is 35.6 Å². The first kappa shape index (κ1) is 61.0. The number of hydrogen-bond acceptors (Lipinski definition) is 16. The highest BCUT2D eigenvalue weighted by molar-refractivity contribution is 5.98. The number of methoxy groups -OCH3 is 2. The number of carbonyl (C=O) groups excluding carboxylic acids is 3. The number of amides is 3. The number of aliphatic hydroxyl groups excluding tert-OH is 1. The van der Waals surface area contributed by atoms with E-state index in [0.29, 0.717) is 78.3 Å². The Morgan fingerprint density at radius 2 is 1.36 bits per heavy atom. The SMILES string of the molecule is COc1cccc(OC)c1-c1cc(C(=O)NC2(C(=O)O)C3CC4CC(C3)CC2C4)nn1-c1ccc(C(=O)N(CCCNC(=O)CNCCN(CCN(CCNCC(=O)O)CC(O)O)CC(=O)O)CCCN(C)C)cc1C(C)C. The third kappa shape index (κ3) is 16.0. The number of hydrogen-bond donors (Lipinski definition) is 9. The molecule has 0 radical (unpaired) electrons. The van der Waals surface area contributed by atoms with Gasteiger partial charge in [-0.2, -0.15) is 5.10 Å². The summed E-state index contributed by atoms with van der Waals surface area (Å²) in [4.78, 5) is 85.0. The Morgan fingerprint density at radius 1 is 0.744 bits per heavy atom. The van der Waals surface area contributed by atoms with Crippen LogP contribution in [0.15, 0.2) is 42.5 Å². The zero-order valence-electron chi connectivity index (χ0n) is 46.0. The number of aliphatic carboxylic acids is 3. The van der Waals surface area contributed by atoms with Crippen LogP contribution in [0.4, 0.5) is 0 Å². The maximum Gasteiger partial charge on any atom is 0.330 e. The van der Waals surface area contributed by atoms with Crippen molar-refractivity contribution in [2.45, 2.75) is 76.5 Å². The number of aliphatic hydroxyl groups is 2. The lowest BCUT2D eigenvalue weighted by Crippen LogP contribution is -2.70. The second-order valence-corrected chi connectivity index (χ2v) is 21.6. The van der Waals surface area contributed by atoms with E-state index in [4.69, 9.17) is 19.7 Å². The molecule has 0 unspecified atom stereocenters. The fourth-order valence-corrected chi connectivity index (χ4v) is 11.9. The van der Waals surface area contributed by atoms with Gasteiger partial charge < -0.3 is 66.1 Å². The van der Waals surface area contributed by atoms with Crippen LogP contribution in [0.1, 0.15) is 91.1 Å². The van der Waals surface area contributed by atoms with Gasteiger partial charge in [0.25, 0.3) is 11.8 Å². The lowest BCUT2D eigenvalue weighted by molar-refractivity contribution is -0.163. The first-order valence-electron chi connectivity index (χ1n) is 27.1. The molecule has 4 saturated carbocycles. The second-order valence-electron chi connectivity index (χ2n) is 21.6. The smallest absolute Gasteiger partial charge is 0.330 e. The Morgan fingerprint density at radius 3 is 1.94 bits per heavy atom. The molecular weight excluding hydrogens is 1010 g/mol. The Balaban J connectivity index is 1.14. The molecule has 9 N–H and O–H groups in total. The number of carboxylic acid groups (broad SMARTS) is 3. The predicted molar refractivity (Wildman–Crippen MR) is 290 cm³/mol. The molecule has 2 aromatic carbocycles. The van der Waals surface area contributed by atoms with Crippen molar-refractivity contribution < 1.29 is 63.8 Å². The maximum absolute atomic E-state index is 14.6. The number of nitrogens with zero attached hydrogens (tertiary/aromatic N) is 6. The highest BCUT2D eigenvalue weighted by Gasteiger charge is 2.62. The fraction of sp³-hybridized carbons (Fsp3) is 0.618. The standard InChI is InChI=1S/C55H82N10O13/c1-35(2)41-29-38(53(74)64(19-9-17-61(3)4)18-8-14-58-47(66)31-56-15-20-62(33-49(69)70)22-23-63(34-50(71)72)21-16-57-32-48(67)68)12-13-43(41)65-44(51-45(77-5)10-7-11-46(51)78-6)30-42(60-65)52(73)59-55(54(75)76)39-25-36-24-37(27-39)28-40(55)26-36/h7,10-13,29-30,35-37,39-40,50,56-57,71-72H,8-9,14-28,31-34H2,1-6H3,(H,58,66)(H,59,73)(H,67,68)(H,69,70)(H,75,76). The third-order valence-corrected chi connectivity index (χ3v) is 15.4. The number of ether oxygens (including phenoxy) is 2. The number of nitrogens with one attached hydrogen (secondary N) is 4. The zero-order chi connectivity index (χ0) is 56.7. The molecule has 4 bridgehead atoms. The van der Waals surface area contributed by atoms with Gasteiger partial charge in [0.05, 0.1) is 50.8 Å². The quantitative estimate of drug-likeness (QED) is 0.0305. The number of carboxylic acids is 3. The average Bonchev–Trinajstić information content (AvgIpc) is 4.00. The molecule has 3 aromatic rings. The minimum atomic E-state index is -1.63. The summed E-state index contributed by atoms with van der Waals surface area (Å²) in [6.07, 6.45) is 3.73. The first-order valence-corrected chi connectivity index (χ1v) is 27.1. The van der Waals surface area contributed by atoms with Crippen LogP contribution in [0.25, 0.3) is 16.9 Å². The van der Waals surface area contributed by atoms with Crippen molar-refractivity contribution in [3.05, 3.63) is 59.3 Å². The van der Waals surface area contributed by atoms with Gasteiger partial charge in [-0.25, -0.2) is 9.48 Å². The molecule has 0 saturated heterocycles. The first-order chi connectivity index (χ1) is 37.2. The van der Waals surface area contributed by atoms with E-state index in [-0.39, 0.29) is 101 Å². The van der Waals surface area contributed by atoms with Crippen molar-refractivity contribution in [1.29, 1.82) is 0 Å². The van der Waals surface area contributed by atoms with Crippen molar-refractivity contribution in [1.82, 2.24) is 50.6 Å². The molecule has 7 rings (SSSR count). The Bertz CT molecular complexity index is 2490. The molecule has 3 amide bonds. The van der Waals surface area contributed by atoms with E-state index in [1.807, 2.05) is 45.0 Å². The average molecular weight is 1090 g/mol. The van der Waals surface area contributed by atoms with Crippen molar-refractivity contribution in [2.75, 3.05) is 120 Å². The molecule has 0 atom stereocenters. The van der Waals surface area contributed by atoms with Crippen LogP contribution in [0, 0.1) is 23.7 Å². The highest BCUT2D eigenvalue weighted by atomic mass is 16.5. The van der Waals surface area contributed by atoms with Gasteiger partial charge in [0.15, 0.2) is 12.0 Å². The normalized spacial score (nSPS) is 19.5. The van der Waals surface area contributed by atoms with E-state index in [9.17, 15) is 49.2 Å². The number of rotatable bonds is 34. The Kier molecular flexibility index (Phi) is 22.4. The van der Waals surface area contributed by atoms with Gasteiger partial charge >= 0.3 is 17.9 Å². The van der Waals surface area contributed by atoms with Gasteiger partial charge in [0.1, 0.15) is 17.0 Å². The summed E-state index contributed by atoms with van der Waals surface area (Å²) in [5, 5.41) is 65.0. The number of aromatic nitrogens is 2. The summed E-state index contributed by atoms with van der Waals surface area (Å²) < 4.78 is 13.3. The Labute approximate surface area is 456 Å². The van der Waals surface area contributed by atoms with Crippen molar-refractivity contribution in [2.24, 2.45) is 23.7 Å². The summed E-state index contributed by atoms with van der Waals surface area (Å²) in [5.41, 5.74) is 1.43. The van der Waals surface area contributed by atoms with Crippen LogP contribution in [0.5, 0.6) is 11.5 Å². The number of carbonyl (C=O) groups is 6. The largest absolute Gasteiger partial charge is 0.496 e. The van der Waals surface area contributed by atoms with Gasteiger partial charge in [0, 0.05) is 71.0 Å². The van der Waals surface area contributed by atoms with Crippen LogP contribution in [0.3, 0.4) is 0 Å². The molecule has 1 aromatic heterocycles. The van der Waals surface area contributed by atoms with Crippen LogP contribution in [-0.2, 0) is 19.2 Å². The molecule has 78 heavy (non-hydrogen) atoms. The monoisotopic (exact) mass is 1090 g/mol. The van der Waals surface area contributed by atoms with E-state index in [1.54, 1.807) is 63.9 Å². The van der Waals surface area contributed by atoms with E-state index in [0.717, 1.165) is 44.2 Å². The third-order valence-electron chi connectivity index (χ3n) is 15.4. The maximum atomic E-state index is 14.6. The van der Waals surface area contributed by atoms with Gasteiger partial charge in [-0.3, -0.25) is 33.8 Å². The molecule has 1 heterocycles. The molecule has 430 valence electrons. The van der Waals surface area contributed by atoms with Gasteiger partial charge in [-0.1, -0.05) is 19.9 Å². The highest BCUT2D eigenvalue weighted by Crippen LogP contribution is 2.58. The second kappa shape index (κ2) is 28.6. The van der Waals surface area contributed by atoms with Crippen molar-refractivity contribution in [3.8, 4) is 28.4 Å². The van der Waals surface area contributed by atoms with Gasteiger partial charge in [-0.05, 0) is 137 Å². The minimum absolute atomic E-state index is 0.0266. The molecule has 0 aliphatic heterocycles. The lowest BCUT2D eigenvalue weighted by Gasteiger charge is -2.59. The van der Waals surface area contributed by atoms with Crippen LogP contribution >= 0.6 is 0 Å². The molecule has 4 aliphatic rings. The molecule has 0 spiro atoms. The predicted octanol–water partition coefficient (Wildman–Crippen LogP) is 1.85. The van der Waals surface area contributed by atoms with Crippen LogP contribution < -0.4 is 30.7 Å². The van der Waals surface area contributed by atoms with E-state index in [2.05, 4.69) is 21.3 Å². The summed E-state index contributed by atoms with van der Waals surface area (Å²) in [6, 6.07) is 12.4. The van der Waals surface area contributed by atoms with Gasteiger partial charge in [-0.15, -0.1) is 0 Å². The molecular formula is C55H82N10O13. The summed E-state index contributed by atoms with van der Waals surface area (Å²) in [7, 11) is 7.01. The topological polar surface area (TPSA) is 301 Å². The lowest BCUT2D eigenvalue weighted by atomic mass is 9.48. The van der Waals surface area contributed by atoms with Crippen LogP contribution in [0.2, 0.25) is 0 Å². The fourth-order valence-electron chi connectivity index (χ4n) is 11.9. The molecule has 4 aliphatic carbocycles. The minimum Gasteiger partial charge on any atom is -0.496 e.